The Hall–Kier alpha value is -1.34. The van der Waals surface area contributed by atoms with Crippen LogP contribution in [-0.4, -0.2) is 78.4 Å². The molecular formula is C13H23N3O4. The van der Waals surface area contributed by atoms with Crippen molar-refractivity contribution in [2.75, 3.05) is 39.8 Å². The summed E-state index contributed by atoms with van der Waals surface area (Å²) in [5, 5.41) is 11.6. The van der Waals surface area contributed by atoms with Crippen molar-refractivity contribution in [1.82, 2.24) is 15.1 Å². The zero-order valence-corrected chi connectivity index (χ0v) is 12.1. The maximum atomic E-state index is 12.1. The lowest BCUT2D eigenvalue weighted by Gasteiger charge is -2.47. The predicted octanol–water partition coefficient (Wildman–Crippen LogP) is -0.0343. The van der Waals surface area contributed by atoms with E-state index in [9.17, 15) is 9.59 Å². The summed E-state index contributed by atoms with van der Waals surface area (Å²) in [7, 11) is 2.05. The number of urea groups is 1. The number of hydrogen-bond acceptors (Lipinski definition) is 4. The summed E-state index contributed by atoms with van der Waals surface area (Å²) < 4.78 is 5.28. The van der Waals surface area contributed by atoms with Crippen LogP contribution in [-0.2, 0) is 9.53 Å². The second kappa shape index (κ2) is 5.97. The molecule has 0 aromatic heterocycles. The van der Waals surface area contributed by atoms with Gasteiger partial charge in [-0.05, 0) is 33.4 Å². The zero-order chi connectivity index (χ0) is 14.8. The summed E-state index contributed by atoms with van der Waals surface area (Å²) in [6, 6.07) is 0.120. The normalized spacial score (nSPS) is 25.9. The number of nitrogens with one attached hydrogen (secondary N) is 1. The third-order valence-corrected chi connectivity index (χ3v) is 3.83. The van der Waals surface area contributed by atoms with Crippen molar-refractivity contribution in [3.63, 3.8) is 0 Å². The standard InChI is InChI=1S/C13H23N3O4/c1-13(20-7-11(17)18)8-16(9-13)12(19)14-10-4-3-5-15(2)6-10/h10H,3-9H2,1-2H3,(H,14,19)(H,17,18). The molecule has 2 aliphatic rings. The fourth-order valence-corrected chi connectivity index (χ4v) is 2.78. The molecule has 7 nitrogen and oxygen atoms in total. The molecule has 0 aromatic rings. The highest BCUT2D eigenvalue weighted by molar-refractivity contribution is 5.76. The van der Waals surface area contributed by atoms with E-state index in [4.69, 9.17) is 9.84 Å². The van der Waals surface area contributed by atoms with Crippen LogP contribution in [0.5, 0.6) is 0 Å². The van der Waals surface area contributed by atoms with Crippen molar-refractivity contribution in [3.8, 4) is 0 Å². The third-order valence-electron chi connectivity index (χ3n) is 3.83. The van der Waals surface area contributed by atoms with E-state index in [2.05, 4.69) is 17.3 Å². The minimum Gasteiger partial charge on any atom is -0.480 e. The molecule has 20 heavy (non-hydrogen) atoms. The molecule has 114 valence electrons. The van der Waals surface area contributed by atoms with Gasteiger partial charge in [-0.1, -0.05) is 0 Å². The number of aliphatic carboxylic acids is 1. The van der Waals surface area contributed by atoms with Crippen molar-refractivity contribution in [2.45, 2.75) is 31.4 Å². The molecule has 2 amide bonds. The van der Waals surface area contributed by atoms with Crippen LogP contribution in [0.4, 0.5) is 4.79 Å². The van der Waals surface area contributed by atoms with E-state index < -0.39 is 11.6 Å². The average molecular weight is 285 g/mol. The van der Waals surface area contributed by atoms with Crippen LogP contribution >= 0.6 is 0 Å². The van der Waals surface area contributed by atoms with Crippen LogP contribution < -0.4 is 5.32 Å². The SMILES string of the molecule is CN1CCCC(NC(=O)N2CC(C)(OCC(=O)O)C2)C1. The van der Waals surface area contributed by atoms with Crippen molar-refractivity contribution >= 4 is 12.0 Å². The molecule has 0 aromatic carbocycles. The first-order valence-corrected chi connectivity index (χ1v) is 6.98. The van der Waals surface area contributed by atoms with Gasteiger partial charge in [-0.3, -0.25) is 0 Å². The molecule has 0 radical (unpaired) electrons. The fraction of sp³-hybridized carbons (Fsp3) is 0.846. The van der Waals surface area contributed by atoms with Crippen LogP contribution in [0.25, 0.3) is 0 Å². The summed E-state index contributed by atoms with van der Waals surface area (Å²) in [6.07, 6.45) is 2.11. The number of hydrogen-bond donors (Lipinski definition) is 2. The molecule has 2 N–H and O–H groups in total. The molecular weight excluding hydrogens is 262 g/mol. The molecule has 0 aliphatic carbocycles. The van der Waals surface area contributed by atoms with Gasteiger partial charge in [0, 0.05) is 12.6 Å². The lowest BCUT2D eigenvalue weighted by Crippen LogP contribution is -2.66. The minimum absolute atomic E-state index is 0.0818. The molecule has 2 fully saturated rings. The first-order chi connectivity index (χ1) is 9.38. The average Bonchev–Trinajstić information content (AvgIpc) is 2.33. The number of rotatable bonds is 4. The van der Waals surface area contributed by atoms with Gasteiger partial charge in [0.05, 0.1) is 13.1 Å². The number of ether oxygens (including phenoxy) is 1. The Morgan fingerprint density at radius 1 is 1.45 bits per heavy atom. The van der Waals surface area contributed by atoms with E-state index >= 15 is 0 Å². The molecule has 0 spiro atoms. The number of carboxylic acids is 1. The van der Waals surface area contributed by atoms with Crippen molar-refractivity contribution in [3.05, 3.63) is 0 Å². The van der Waals surface area contributed by atoms with Gasteiger partial charge >= 0.3 is 12.0 Å². The first-order valence-electron chi connectivity index (χ1n) is 6.98. The van der Waals surface area contributed by atoms with Gasteiger partial charge in [-0.2, -0.15) is 0 Å². The Bertz CT molecular complexity index is 382. The summed E-state index contributed by atoms with van der Waals surface area (Å²) in [5.74, 6) is -0.987. The van der Waals surface area contributed by atoms with Gasteiger partial charge < -0.3 is 25.0 Å². The fourth-order valence-electron chi connectivity index (χ4n) is 2.78. The van der Waals surface area contributed by atoms with Crippen molar-refractivity contribution < 1.29 is 19.4 Å². The maximum absolute atomic E-state index is 12.1. The highest BCUT2D eigenvalue weighted by atomic mass is 16.5. The molecule has 2 aliphatic heterocycles. The number of amides is 2. The van der Waals surface area contributed by atoms with E-state index in [-0.39, 0.29) is 18.7 Å². The Kier molecular flexibility index (Phi) is 4.49. The number of nitrogens with zero attached hydrogens (tertiary/aromatic N) is 2. The zero-order valence-electron chi connectivity index (χ0n) is 12.1. The minimum atomic E-state index is -0.987. The van der Waals surface area contributed by atoms with E-state index in [0.29, 0.717) is 13.1 Å². The molecule has 2 rings (SSSR count). The molecule has 2 saturated heterocycles. The number of likely N-dealkylation sites (tertiary alicyclic amines) is 2. The quantitative estimate of drug-likeness (QED) is 0.758. The van der Waals surface area contributed by atoms with Crippen LogP contribution in [0.1, 0.15) is 19.8 Å². The molecule has 1 unspecified atom stereocenters. The van der Waals surface area contributed by atoms with Gasteiger partial charge in [0.1, 0.15) is 12.2 Å². The van der Waals surface area contributed by atoms with E-state index in [1.54, 1.807) is 4.90 Å². The van der Waals surface area contributed by atoms with Gasteiger partial charge in [-0.25, -0.2) is 9.59 Å². The maximum Gasteiger partial charge on any atom is 0.329 e. The lowest BCUT2D eigenvalue weighted by molar-refractivity contribution is -0.159. The highest BCUT2D eigenvalue weighted by Gasteiger charge is 2.43. The molecule has 2 heterocycles. The van der Waals surface area contributed by atoms with E-state index in [1.807, 2.05) is 6.92 Å². The van der Waals surface area contributed by atoms with E-state index in [1.165, 1.54) is 0 Å². The Labute approximate surface area is 118 Å². The smallest absolute Gasteiger partial charge is 0.329 e. The van der Waals surface area contributed by atoms with Crippen LogP contribution in [0.3, 0.4) is 0 Å². The summed E-state index contributed by atoms with van der Waals surface area (Å²) in [5.41, 5.74) is -0.529. The molecule has 0 saturated carbocycles. The van der Waals surface area contributed by atoms with E-state index in [0.717, 1.165) is 25.9 Å². The Morgan fingerprint density at radius 2 is 2.15 bits per heavy atom. The van der Waals surface area contributed by atoms with Crippen LogP contribution in [0, 0.1) is 0 Å². The Morgan fingerprint density at radius 3 is 2.75 bits per heavy atom. The number of piperidine rings is 1. The molecule has 1 atom stereocenters. The number of carbonyl (C=O) groups excluding carboxylic acids is 1. The summed E-state index contributed by atoms with van der Waals surface area (Å²) in [4.78, 5) is 26.4. The van der Waals surface area contributed by atoms with Gasteiger partial charge in [0.15, 0.2) is 0 Å². The molecule has 7 heteroatoms. The second-order valence-electron chi connectivity index (χ2n) is 6.04. The van der Waals surface area contributed by atoms with Gasteiger partial charge in [-0.15, -0.1) is 0 Å². The summed E-state index contributed by atoms with van der Waals surface area (Å²) >= 11 is 0. The first kappa shape index (κ1) is 15.1. The topological polar surface area (TPSA) is 82.1 Å². The van der Waals surface area contributed by atoms with Crippen LogP contribution in [0.15, 0.2) is 0 Å². The Balaban J connectivity index is 1.72. The highest BCUT2D eigenvalue weighted by Crippen LogP contribution is 2.24. The second-order valence-corrected chi connectivity index (χ2v) is 6.04. The van der Waals surface area contributed by atoms with Crippen molar-refractivity contribution in [2.24, 2.45) is 0 Å². The van der Waals surface area contributed by atoms with Gasteiger partial charge in [0.25, 0.3) is 0 Å². The van der Waals surface area contributed by atoms with Gasteiger partial charge in [0.2, 0.25) is 0 Å². The molecule has 0 bridgehead atoms. The van der Waals surface area contributed by atoms with Crippen LogP contribution in [0.2, 0.25) is 0 Å². The lowest BCUT2D eigenvalue weighted by atomic mass is 9.97. The monoisotopic (exact) mass is 285 g/mol. The van der Waals surface area contributed by atoms with Crippen molar-refractivity contribution in [1.29, 1.82) is 0 Å². The number of carboxylic acid groups (broad SMARTS) is 1. The third kappa shape index (κ3) is 3.83. The number of likely N-dealkylation sites (N-methyl/N-ethyl adjacent to an activating group) is 1. The number of carbonyl (C=O) groups is 2. The summed E-state index contributed by atoms with van der Waals surface area (Å²) in [6.45, 7) is 4.35. The predicted molar refractivity (Wildman–Crippen MR) is 72.6 cm³/mol. The largest absolute Gasteiger partial charge is 0.480 e.